The van der Waals surface area contributed by atoms with Crippen LogP contribution in [0.15, 0.2) is 48.5 Å². The lowest BCUT2D eigenvalue weighted by atomic mass is 10.2. The van der Waals surface area contributed by atoms with Gasteiger partial charge in [-0.1, -0.05) is 23.7 Å². The van der Waals surface area contributed by atoms with Crippen molar-refractivity contribution in [2.75, 3.05) is 21.9 Å². The van der Waals surface area contributed by atoms with Gasteiger partial charge in [-0.3, -0.25) is 9.10 Å². The van der Waals surface area contributed by atoms with Crippen LogP contribution >= 0.6 is 11.6 Å². The number of hydrogen-bond acceptors (Lipinski definition) is 5. The predicted molar refractivity (Wildman–Crippen MR) is 107 cm³/mol. The molecule has 9 heteroatoms. The lowest BCUT2D eigenvalue weighted by Crippen LogP contribution is -2.30. The topological polar surface area (TPSA) is 92.8 Å². The first-order valence-corrected chi connectivity index (χ1v) is 10.6. The third-order valence-corrected chi connectivity index (χ3v) is 6.47. The Morgan fingerprint density at radius 3 is 2.43 bits per heavy atom. The average Bonchev–Trinajstić information content (AvgIpc) is 3.02. The number of hydrogen-bond donors (Lipinski definition) is 1. The van der Waals surface area contributed by atoms with Crippen molar-refractivity contribution in [3.63, 3.8) is 0 Å². The molecule has 1 unspecified atom stereocenters. The Bertz CT molecular complexity index is 992. The van der Waals surface area contributed by atoms with Crippen molar-refractivity contribution in [2.24, 2.45) is 0 Å². The van der Waals surface area contributed by atoms with Gasteiger partial charge in [0.1, 0.15) is 0 Å². The van der Waals surface area contributed by atoms with Gasteiger partial charge in [0.15, 0.2) is 6.10 Å². The van der Waals surface area contributed by atoms with Crippen LogP contribution in [-0.2, 0) is 19.6 Å². The molecule has 2 aromatic rings. The maximum atomic E-state index is 12.3. The maximum absolute atomic E-state index is 12.3. The second-order valence-corrected chi connectivity index (χ2v) is 8.73. The number of ether oxygens (including phenoxy) is 1. The van der Waals surface area contributed by atoms with Crippen LogP contribution in [0.3, 0.4) is 0 Å². The molecule has 0 spiro atoms. The lowest BCUT2D eigenvalue weighted by molar-refractivity contribution is -0.123. The molecule has 28 heavy (non-hydrogen) atoms. The first kappa shape index (κ1) is 20.2. The van der Waals surface area contributed by atoms with E-state index in [1.54, 1.807) is 36.4 Å². The third kappa shape index (κ3) is 4.45. The molecule has 3 rings (SSSR count). The number of anilines is 2. The molecule has 148 valence electrons. The number of amides is 1. The van der Waals surface area contributed by atoms with E-state index < -0.39 is 28.0 Å². The fraction of sp³-hybridized carbons (Fsp3) is 0.263. The number of sulfonamides is 1. The fourth-order valence-corrected chi connectivity index (χ4v) is 4.52. The summed E-state index contributed by atoms with van der Waals surface area (Å²) in [5, 5.41) is 2.98. The molecule has 1 fully saturated rings. The van der Waals surface area contributed by atoms with Crippen LogP contribution < -0.4 is 9.62 Å². The summed E-state index contributed by atoms with van der Waals surface area (Å²) < 4.78 is 30.4. The van der Waals surface area contributed by atoms with Gasteiger partial charge < -0.3 is 10.1 Å². The summed E-state index contributed by atoms with van der Waals surface area (Å²) in [6.07, 6.45) is -0.466. The molecule has 0 aromatic heterocycles. The minimum Gasteiger partial charge on any atom is -0.449 e. The Labute approximate surface area is 168 Å². The Kier molecular flexibility index (Phi) is 5.90. The van der Waals surface area contributed by atoms with Crippen molar-refractivity contribution in [3.8, 4) is 0 Å². The quantitative estimate of drug-likeness (QED) is 0.747. The van der Waals surface area contributed by atoms with Crippen molar-refractivity contribution in [3.05, 3.63) is 59.1 Å². The van der Waals surface area contributed by atoms with Crippen LogP contribution in [0.4, 0.5) is 11.4 Å². The van der Waals surface area contributed by atoms with E-state index in [0.717, 1.165) is 0 Å². The summed E-state index contributed by atoms with van der Waals surface area (Å²) in [7, 11) is -3.28. The summed E-state index contributed by atoms with van der Waals surface area (Å²) in [5.74, 6) is -1.08. The molecule has 1 amide bonds. The van der Waals surface area contributed by atoms with Gasteiger partial charge in [-0.05, 0) is 49.7 Å². The second-order valence-electron chi connectivity index (χ2n) is 6.31. The smallest absolute Gasteiger partial charge is 0.338 e. The molecular weight excluding hydrogens is 404 g/mol. The van der Waals surface area contributed by atoms with Crippen LogP contribution in [-0.4, -0.2) is 38.7 Å². The van der Waals surface area contributed by atoms with E-state index in [-0.39, 0.29) is 11.3 Å². The highest BCUT2D eigenvalue weighted by Gasteiger charge is 2.28. The first-order chi connectivity index (χ1) is 13.3. The van der Waals surface area contributed by atoms with E-state index in [4.69, 9.17) is 16.3 Å². The van der Waals surface area contributed by atoms with E-state index in [9.17, 15) is 18.0 Å². The zero-order chi connectivity index (χ0) is 20.3. The second kappa shape index (κ2) is 8.20. The number of carbonyl (C=O) groups excluding carboxylic acids is 2. The highest BCUT2D eigenvalue weighted by Crippen LogP contribution is 2.24. The molecule has 0 aliphatic carbocycles. The molecular formula is C19H19ClN2O5S. The Balaban J connectivity index is 1.62. The van der Waals surface area contributed by atoms with Gasteiger partial charge >= 0.3 is 5.97 Å². The molecule has 7 nitrogen and oxygen atoms in total. The van der Waals surface area contributed by atoms with E-state index in [0.29, 0.717) is 29.4 Å². The molecule has 0 radical (unpaired) electrons. The molecule has 0 bridgehead atoms. The summed E-state index contributed by atoms with van der Waals surface area (Å²) >= 11 is 5.99. The van der Waals surface area contributed by atoms with Crippen LogP contribution in [0.2, 0.25) is 5.02 Å². The number of para-hydroxylation sites is 1. The standard InChI is InChI=1S/C19H19ClN2O5S/c1-13(18(23)21-17-6-3-2-5-16(17)20)27-19(24)14-7-9-15(10-8-14)22-11-4-12-28(22,25)26/h2-3,5-10,13H,4,11-12H2,1H3,(H,21,23). The van der Waals surface area contributed by atoms with Crippen molar-refractivity contribution in [1.29, 1.82) is 0 Å². The van der Waals surface area contributed by atoms with Crippen LogP contribution in [0.5, 0.6) is 0 Å². The zero-order valence-corrected chi connectivity index (χ0v) is 16.7. The van der Waals surface area contributed by atoms with Gasteiger partial charge in [0.25, 0.3) is 5.91 Å². The van der Waals surface area contributed by atoms with E-state index in [1.165, 1.54) is 23.4 Å². The zero-order valence-electron chi connectivity index (χ0n) is 15.1. The Morgan fingerprint density at radius 2 is 1.82 bits per heavy atom. The monoisotopic (exact) mass is 422 g/mol. The minimum absolute atomic E-state index is 0.120. The van der Waals surface area contributed by atoms with Crippen molar-refractivity contribution >= 4 is 44.9 Å². The van der Waals surface area contributed by atoms with Gasteiger partial charge in [-0.25, -0.2) is 13.2 Å². The highest BCUT2D eigenvalue weighted by atomic mass is 35.5. The minimum atomic E-state index is -3.28. The Morgan fingerprint density at radius 1 is 1.14 bits per heavy atom. The van der Waals surface area contributed by atoms with Crippen molar-refractivity contribution in [1.82, 2.24) is 0 Å². The molecule has 0 saturated carbocycles. The molecule has 1 saturated heterocycles. The molecule has 1 aliphatic heterocycles. The fourth-order valence-electron chi connectivity index (χ4n) is 2.77. The SMILES string of the molecule is CC(OC(=O)c1ccc(N2CCCS2(=O)=O)cc1)C(=O)Nc1ccccc1Cl. The number of carbonyl (C=O) groups is 2. The van der Waals surface area contributed by atoms with E-state index in [1.807, 2.05) is 0 Å². The number of esters is 1. The van der Waals surface area contributed by atoms with Gasteiger partial charge in [0, 0.05) is 6.54 Å². The predicted octanol–water partition coefficient (Wildman–Crippen LogP) is 3.06. The highest BCUT2D eigenvalue weighted by molar-refractivity contribution is 7.93. The summed E-state index contributed by atoms with van der Waals surface area (Å²) in [5.41, 5.74) is 1.14. The lowest BCUT2D eigenvalue weighted by Gasteiger charge is -2.17. The summed E-state index contributed by atoms with van der Waals surface area (Å²) in [4.78, 5) is 24.5. The molecule has 1 atom stereocenters. The third-order valence-electron chi connectivity index (χ3n) is 4.28. The van der Waals surface area contributed by atoms with Crippen molar-refractivity contribution < 1.29 is 22.7 Å². The van der Waals surface area contributed by atoms with Gasteiger partial charge in [0.05, 0.1) is 27.7 Å². The van der Waals surface area contributed by atoms with Crippen LogP contribution in [0, 0.1) is 0 Å². The summed E-state index contributed by atoms with van der Waals surface area (Å²) in [6.45, 7) is 1.88. The van der Waals surface area contributed by atoms with E-state index in [2.05, 4.69) is 5.32 Å². The number of nitrogens with zero attached hydrogens (tertiary/aromatic N) is 1. The van der Waals surface area contributed by atoms with E-state index >= 15 is 0 Å². The average molecular weight is 423 g/mol. The number of nitrogens with one attached hydrogen (secondary N) is 1. The molecule has 1 heterocycles. The Hall–Kier alpha value is -2.58. The molecule has 2 aromatic carbocycles. The maximum Gasteiger partial charge on any atom is 0.338 e. The first-order valence-electron chi connectivity index (χ1n) is 8.65. The van der Waals surface area contributed by atoms with Crippen LogP contribution in [0.1, 0.15) is 23.7 Å². The van der Waals surface area contributed by atoms with Gasteiger partial charge in [0.2, 0.25) is 10.0 Å². The largest absolute Gasteiger partial charge is 0.449 e. The molecule has 1 N–H and O–H groups in total. The van der Waals surface area contributed by atoms with Crippen molar-refractivity contribution in [2.45, 2.75) is 19.4 Å². The van der Waals surface area contributed by atoms with Crippen LogP contribution in [0.25, 0.3) is 0 Å². The van der Waals surface area contributed by atoms with Gasteiger partial charge in [-0.15, -0.1) is 0 Å². The summed E-state index contributed by atoms with van der Waals surface area (Å²) in [6, 6.07) is 12.8. The normalized spacial score (nSPS) is 16.4. The molecule has 1 aliphatic rings. The number of halogens is 1. The number of benzene rings is 2. The van der Waals surface area contributed by atoms with Gasteiger partial charge in [-0.2, -0.15) is 0 Å². The number of rotatable bonds is 5.